The quantitative estimate of drug-likeness (QED) is 0.419. The zero-order chi connectivity index (χ0) is 33.4. The first-order chi connectivity index (χ1) is 22.6. The van der Waals surface area contributed by atoms with Gasteiger partial charge >= 0.3 is 6.09 Å². The smallest absolute Gasteiger partial charge is 0.407 e. The van der Waals surface area contributed by atoms with E-state index in [2.05, 4.69) is 5.32 Å². The van der Waals surface area contributed by atoms with Crippen molar-refractivity contribution in [3.63, 3.8) is 0 Å². The number of hydrogen-bond acceptors (Lipinski definition) is 9. The third-order valence-corrected chi connectivity index (χ3v) is 10.8. The number of fused-ring (bicyclic) bond motifs is 2. The number of sulfonamides is 1. The van der Waals surface area contributed by atoms with Gasteiger partial charge in [-0.3, -0.25) is 0 Å². The lowest BCUT2D eigenvalue weighted by Crippen LogP contribution is -2.52. The van der Waals surface area contributed by atoms with Crippen LogP contribution in [0.25, 0.3) is 0 Å². The highest BCUT2D eigenvalue weighted by Crippen LogP contribution is 2.33. The maximum Gasteiger partial charge on any atom is 0.407 e. The minimum absolute atomic E-state index is 0.0220. The van der Waals surface area contributed by atoms with E-state index in [-0.39, 0.29) is 35.9 Å². The normalized spacial score (nSPS) is 25.1. The number of alkyl carbamates (subject to hydrolysis) is 1. The maximum atomic E-state index is 14.2. The average Bonchev–Trinajstić information content (AvgIpc) is 3.52. The van der Waals surface area contributed by atoms with Crippen molar-refractivity contribution in [3.8, 4) is 5.75 Å². The Labute approximate surface area is 274 Å². The molecule has 3 aliphatic rings. The summed E-state index contributed by atoms with van der Waals surface area (Å²) >= 11 is 0. The monoisotopic (exact) mass is 682 g/mol. The maximum absolute atomic E-state index is 14.2. The van der Waals surface area contributed by atoms with Gasteiger partial charge in [0, 0.05) is 43.7 Å². The van der Waals surface area contributed by atoms with Gasteiger partial charge in [0.25, 0.3) is 0 Å². The number of halogens is 2. The molecule has 0 aliphatic carbocycles. The Kier molecular flexibility index (Phi) is 12.4. The van der Waals surface area contributed by atoms with Crippen LogP contribution in [0.15, 0.2) is 41.3 Å². The number of nitrogens with zero attached hydrogens (tertiary/aromatic N) is 1. The zero-order valence-electron chi connectivity index (χ0n) is 26.6. The van der Waals surface area contributed by atoms with Crippen molar-refractivity contribution in [2.24, 2.45) is 5.92 Å². The highest BCUT2D eigenvalue weighted by Gasteiger charge is 2.41. The summed E-state index contributed by atoms with van der Waals surface area (Å²) in [5.74, 6) is -1.31. The summed E-state index contributed by atoms with van der Waals surface area (Å²) in [4.78, 5) is 13.3. The summed E-state index contributed by atoms with van der Waals surface area (Å²) < 4.78 is 86.0. The number of amides is 1. The molecule has 2 aromatic rings. The van der Waals surface area contributed by atoms with Crippen molar-refractivity contribution < 1.29 is 50.8 Å². The second kappa shape index (κ2) is 16.5. The fraction of sp³-hybridized carbons (Fsp3) is 0.606. The molecule has 1 amide bonds. The van der Waals surface area contributed by atoms with E-state index >= 15 is 0 Å². The predicted octanol–water partition coefficient (Wildman–Crippen LogP) is 4.29. The Morgan fingerprint density at radius 2 is 1.74 bits per heavy atom. The van der Waals surface area contributed by atoms with Crippen LogP contribution in [0.1, 0.15) is 56.1 Å². The number of ether oxygens (including phenoxy) is 5. The van der Waals surface area contributed by atoms with E-state index < -0.39 is 58.8 Å². The van der Waals surface area contributed by atoms with Crippen molar-refractivity contribution in [1.29, 1.82) is 0 Å². The molecule has 0 bridgehead atoms. The highest BCUT2D eigenvalue weighted by molar-refractivity contribution is 7.89. The molecule has 3 aliphatic heterocycles. The second-order valence-electron chi connectivity index (χ2n) is 12.3. The van der Waals surface area contributed by atoms with Gasteiger partial charge in [-0.25, -0.2) is 22.0 Å². The molecule has 260 valence electrons. The molecule has 0 spiro atoms. The SMILES string of the molecule is COc1ccc2c(c1)COCCCCCCCN(C[C@@H](O)[C@H](Cc1cc(F)cc(F)c1)NC(=O)O[C@H]1CCO[C@H]3OCC[C@H]31)S2(=O)=O. The van der Waals surface area contributed by atoms with Gasteiger partial charge in [-0.05, 0) is 61.6 Å². The van der Waals surface area contributed by atoms with Gasteiger partial charge in [-0.1, -0.05) is 19.3 Å². The molecule has 0 radical (unpaired) electrons. The van der Waals surface area contributed by atoms with Crippen LogP contribution < -0.4 is 10.1 Å². The first kappa shape index (κ1) is 35.4. The van der Waals surface area contributed by atoms with Crippen LogP contribution in [0.2, 0.25) is 0 Å². The molecule has 5 rings (SSSR count). The molecule has 47 heavy (non-hydrogen) atoms. The van der Waals surface area contributed by atoms with E-state index in [9.17, 15) is 27.1 Å². The number of β-amino-alcohol motifs (C(OH)–C–C–N with tert-alkyl or cyclic N) is 1. The summed E-state index contributed by atoms with van der Waals surface area (Å²) in [6.45, 7) is 1.10. The van der Waals surface area contributed by atoms with Gasteiger partial charge in [0.2, 0.25) is 10.0 Å². The van der Waals surface area contributed by atoms with Crippen LogP contribution >= 0.6 is 0 Å². The topological polar surface area (TPSA) is 133 Å². The minimum Gasteiger partial charge on any atom is -0.497 e. The van der Waals surface area contributed by atoms with Crippen LogP contribution in [0, 0.1) is 17.6 Å². The molecule has 2 N–H and O–H groups in total. The number of carbonyl (C=O) groups is 1. The number of nitrogens with one attached hydrogen (secondary N) is 1. The van der Waals surface area contributed by atoms with Gasteiger partial charge in [-0.15, -0.1) is 0 Å². The van der Waals surface area contributed by atoms with Crippen LogP contribution in [0.5, 0.6) is 5.75 Å². The van der Waals surface area contributed by atoms with Crippen LogP contribution in [0.3, 0.4) is 0 Å². The van der Waals surface area contributed by atoms with Crippen molar-refractivity contribution >= 4 is 16.1 Å². The first-order valence-electron chi connectivity index (χ1n) is 16.2. The molecule has 2 fully saturated rings. The Morgan fingerprint density at radius 1 is 1.02 bits per heavy atom. The number of aliphatic hydroxyl groups is 1. The highest BCUT2D eigenvalue weighted by atomic mass is 32.2. The molecule has 14 heteroatoms. The van der Waals surface area contributed by atoms with Crippen LogP contribution in [0.4, 0.5) is 13.6 Å². The van der Waals surface area contributed by atoms with Crippen molar-refractivity contribution in [2.45, 2.75) is 87.4 Å². The zero-order valence-corrected chi connectivity index (χ0v) is 27.4. The molecule has 0 unspecified atom stereocenters. The van der Waals surface area contributed by atoms with Crippen molar-refractivity contribution in [1.82, 2.24) is 9.62 Å². The molecular formula is C33H44F2N2O9S. The lowest BCUT2D eigenvalue weighted by molar-refractivity contribution is -0.179. The minimum atomic E-state index is -4.18. The molecule has 0 saturated carbocycles. The Morgan fingerprint density at radius 3 is 2.51 bits per heavy atom. The summed E-state index contributed by atoms with van der Waals surface area (Å²) in [5, 5.41) is 14.3. The predicted molar refractivity (Wildman–Crippen MR) is 166 cm³/mol. The molecular weight excluding hydrogens is 638 g/mol. The number of aliphatic hydroxyl groups excluding tert-OH is 1. The fourth-order valence-electron chi connectivity index (χ4n) is 6.40. The van der Waals surface area contributed by atoms with Gasteiger partial charge in [0.05, 0.1) is 44.0 Å². The van der Waals surface area contributed by atoms with Crippen LogP contribution in [-0.4, -0.2) is 88.5 Å². The third kappa shape index (κ3) is 9.39. The molecule has 2 saturated heterocycles. The molecule has 11 nitrogen and oxygen atoms in total. The van der Waals surface area contributed by atoms with Gasteiger partial charge < -0.3 is 34.1 Å². The van der Waals surface area contributed by atoms with Gasteiger partial charge in [0.1, 0.15) is 23.5 Å². The summed E-state index contributed by atoms with van der Waals surface area (Å²) in [7, 11) is -2.69. The van der Waals surface area contributed by atoms with Gasteiger partial charge in [0.15, 0.2) is 6.29 Å². The average molecular weight is 683 g/mol. The van der Waals surface area contributed by atoms with Crippen molar-refractivity contribution in [2.75, 3.05) is 40.0 Å². The Hall–Kier alpha value is -2.88. The second-order valence-corrected chi connectivity index (χ2v) is 14.2. The van der Waals surface area contributed by atoms with Crippen LogP contribution in [-0.2, 0) is 42.0 Å². The molecule has 0 aromatic heterocycles. The van der Waals surface area contributed by atoms with E-state index in [1.165, 1.54) is 17.5 Å². The fourth-order valence-corrected chi connectivity index (χ4v) is 8.08. The Balaban J connectivity index is 1.40. The standard InChI is InChI=1S/C33H44F2N2O9S/c1-42-26-7-8-31-23(18-26)21-43-12-6-4-2-3-5-11-37(47(31,40)41)20-29(38)28(17-22-15-24(34)19-25(35)16-22)36-33(39)46-30-10-14-45-32-27(30)9-13-44-32/h7-8,15-16,18-19,27-30,32,38H,2-6,9-14,17,20-21H2,1H3,(H,36,39)/t27-,28-,29+,30-,32+/m0/s1. The number of benzene rings is 2. The molecule has 3 heterocycles. The number of rotatable bonds is 8. The summed E-state index contributed by atoms with van der Waals surface area (Å²) in [6, 6.07) is 6.42. The number of carbonyl (C=O) groups excluding carboxylic acids is 1. The number of hydrogen-bond donors (Lipinski definition) is 2. The van der Waals surface area contributed by atoms with E-state index in [1.807, 2.05) is 0 Å². The number of methoxy groups -OCH3 is 1. The van der Waals surface area contributed by atoms with E-state index in [4.69, 9.17) is 23.7 Å². The third-order valence-electron chi connectivity index (χ3n) is 8.88. The van der Waals surface area contributed by atoms with E-state index in [0.29, 0.717) is 50.4 Å². The lowest BCUT2D eigenvalue weighted by Gasteiger charge is -2.33. The van der Waals surface area contributed by atoms with Gasteiger partial charge in [-0.2, -0.15) is 4.31 Å². The Bertz CT molecular complexity index is 1440. The summed E-state index contributed by atoms with van der Waals surface area (Å²) in [5.41, 5.74) is 0.590. The molecule has 5 atom stereocenters. The summed E-state index contributed by atoms with van der Waals surface area (Å²) in [6.07, 6.45) is 1.63. The molecule has 2 aromatic carbocycles. The van der Waals surface area contributed by atoms with E-state index in [1.54, 1.807) is 12.1 Å². The lowest BCUT2D eigenvalue weighted by atomic mass is 9.95. The van der Waals surface area contributed by atoms with E-state index in [0.717, 1.165) is 43.9 Å². The van der Waals surface area contributed by atoms with Crippen molar-refractivity contribution in [3.05, 3.63) is 59.2 Å². The largest absolute Gasteiger partial charge is 0.497 e. The first-order valence-corrected chi connectivity index (χ1v) is 17.7.